The van der Waals surface area contributed by atoms with Gasteiger partial charge in [0.25, 0.3) is 0 Å². The van der Waals surface area contributed by atoms with Crippen LogP contribution in [-0.4, -0.2) is 21.9 Å². The van der Waals surface area contributed by atoms with E-state index in [1.165, 1.54) is 11.1 Å². The number of hydrogen-bond acceptors (Lipinski definition) is 2. The van der Waals surface area contributed by atoms with E-state index in [1.54, 1.807) is 0 Å². The largest absolute Gasteiger partial charge is 0.417 e. The molecule has 0 saturated heterocycles. The molecule has 0 spiro atoms. The molecule has 2 unspecified atom stereocenters. The number of nitrogens with zero attached hydrogens (tertiary/aromatic N) is 1. The number of fused-ring (bicyclic) bond motifs is 5. The van der Waals surface area contributed by atoms with Crippen LogP contribution >= 0.6 is 0 Å². The Bertz CT molecular complexity index is 852. The number of pyridine rings is 1. The lowest BCUT2D eigenvalue weighted by Crippen LogP contribution is -2.58. The molecule has 0 radical (unpaired) electrons. The van der Waals surface area contributed by atoms with E-state index < -0.39 is 11.8 Å². The average molecular weight is 420 g/mol. The summed E-state index contributed by atoms with van der Waals surface area (Å²) in [6, 6.07) is 4.14. The van der Waals surface area contributed by atoms with Crippen molar-refractivity contribution >= 4 is 5.57 Å². The molecule has 3 fully saturated rings. The van der Waals surface area contributed by atoms with Crippen LogP contribution in [0.2, 0.25) is 0 Å². The number of aromatic nitrogens is 1. The molecule has 164 valence electrons. The third-order valence-electron chi connectivity index (χ3n) is 9.81. The van der Waals surface area contributed by atoms with Crippen LogP contribution in [0.4, 0.5) is 13.2 Å². The maximum atomic E-state index is 13.5. The highest BCUT2D eigenvalue weighted by atomic mass is 19.4. The van der Waals surface area contributed by atoms with Gasteiger partial charge in [-0.15, -0.1) is 0 Å². The van der Waals surface area contributed by atoms with E-state index in [0.29, 0.717) is 24.2 Å². The fourth-order valence-corrected chi connectivity index (χ4v) is 8.04. The summed E-state index contributed by atoms with van der Waals surface area (Å²) in [6.45, 7) is 4.63. The molecular formula is C25H32F3NO. The summed E-state index contributed by atoms with van der Waals surface area (Å²) in [7, 11) is 0. The molecule has 1 N–H and O–H groups in total. The first-order valence-corrected chi connectivity index (χ1v) is 11.5. The molecule has 3 saturated carbocycles. The minimum absolute atomic E-state index is 0.0318. The van der Waals surface area contributed by atoms with E-state index in [1.807, 2.05) is 18.5 Å². The molecule has 5 heteroatoms. The highest BCUT2D eigenvalue weighted by Gasteiger charge is 2.64. The van der Waals surface area contributed by atoms with E-state index >= 15 is 0 Å². The van der Waals surface area contributed by atoms with E-state index in [9.17, 15) is 18.3 Å². The molecule has 0 aromatic carbocycles. The third kappa shape index (κ3) is 2.76. The molecule has 1 aromatic heterocycles. The van der Waals surface area contributed by atoms with Gasteiger partial charge in [0.15, 0.2) is 5.60 Å². The maximum absolute atomic E-state index is 13.5. The first-order chi connectivity index (χ1) is 14.1. The zero-order valence-corrected chi connectivity index (χ0v) is 17.9. The van der Waals surface area contributed by atoms with Gasteiger partial charge in [-0.25, -0.2) is 0 Å². The van der Waals surface area contributed by atoms with Crippen molar-refractivity contribution in [3.63, 3.8) is 0 Å². The van der Waals surface area contributed by atoms with Crippen LogP contribution in [0.25, 0.3) is 5.57 Å². The van der Waals surface area contributed by atoms with Gasteiger partial charge in [-0.3, -0.25) is 4.98 Å². The first-order valence-electron chi connectivity index (χ1n) is 11.5. The lowest BCUT2D eigenvalue weighted by atomic mass is 9.43. The number of hydrogen-bond donors (Lipinski definition) is 1. The van der Waals surface area contributed by atoms with Gasteiger partial charge < -0.3 is 5.11 Å². The second kappa shape index (κ2) is 6.57. The van der Waals surface area contributed by atoms with Gasteiger partial charge in [-0.1, -0.05) is 26.0 Å². The summed E-state index contributed by atoms with van der Waals surface area (Å²) >= 11 is 0. The molecule has 4 aliphatic rings. The molecular weight excluding hydrogens is 387 g/mol. The monoisotopic (exact) mass is 419 g/mol. The van der Waals surface area contributed by atoms with Gasteiger partial charge in [0.2, 0.25) is 0 Å². The van der Waals surface area contributed by atoms with Crippen LogP contribution in [0.15, 0.2) is 30.6 Å². The second-order valence-electron chi connectivity index (χ2n) is 10.9. The molecule has 5 rings (SSSR count). The van der Waals surface area contributed by atoms with Gasteiger partial charge in [0, 0.05) is 12.4 Å². The first kappa shape index (κ1) is 20.5. The molecule has 1 aromatic rings. The molecule has 0 bridgehead atoms. The summed E-state index contributed by atoms with van der Waals surface area (Å²) in [5, 5.41) is 10.4. The van der Waals surface area contributed by atoms with E-state index in [4.69, 9.17) is 0 Å². The SMILES string of the molecule is C[C@]12CCC(O)(C(F)(F)F)CC1CC[C@@H]1[C@H]2CC[C@]2(C)C(c3cccnc3)=CC[C@@H]12. The topological polar surface area (TPSA) is 33.1 Å². The van der Waals surface area contributed by atoms with Crippen molar-refractivity contribution in [1.29, 1.82) is 0 Å². The van der Waals surface area contributed by atoms with Crippen molar-refractivity contribution in [3.05, 3.63) is 36.2 Å². The molecule has 7 atom stereocenters. The summed E-state index contributed by atoms with van der Waals surface area (Å²) in [6.07, 6.45) is 6.91. The maximum Gasteiger partial charge on any atom is 0.417 e. The number of alkyl halides is 3. The Labute approximate surface area is 177 Å². The van der Waals surface area contributed by atoms with E-state index in [2.05, 4.69) is 31.0 Å². The Hall–Kier alpha value is -1.36. The normalized spacial score (nSPS) is 45.9. The summed E-state index contributed by atoms with van der Waals surface area (Å²) in [5.41, 5.74) is 0.193. The standard InChI is InChI=1S/C25H32F3NO/c1-22-11-12-24(30,25(26,27)28)14-17(22)5-6-18-20-8-7-19(16-4-3-13-29-15-16)23(20,2)10-9-21(18)22/h3-4,7,13,15,17-18,20-21,30H,5-6,8-12,14H2,1-2H3/t17?,18-,20-,21+,22-,23+,24?/m0/s1. The molecule has 30 heavy (non-hydrogen) atoms. The highest BCUT2D eigenvalue weighted by Crippen LogP contribution is 2.68. The van der Waals surface area contributed by atoms with Crippen molar-refractivity contribution in [2.24, 2.45) is 34.5 Å². The lowest BCUT2D eigenvalue weighted by Gasteiger charge is -2.62. The van der Waals surface area contributed by atoms with Crippen molar-refractivity contribution in [2.75, 3.05) is 0 Å². The average Bonchev–Trinajstić information content (AvgIpc) is 3.06. The van der Waals surface area contributed by atoms with Gasteiger partial charge in [-0.2, -0.15) is 13.2 Å². The van der Waals surface area contributed by atoms with Crippen LogP contribution < -0.4 is 0 Å². The van der Waals surface area contributed by atoms with Gasteiger partial charge >= 0.3 is 6.18 Å². The Morgan fingerprint density at radius 2 is 1.87 bits per heavy atom. The third-order valence-corrected chi connectivity index (χ3v) is 9.81. The Kier molecular flexibility index (Phi) is 4.50. The predicted octanol–water partition coefficient (Wildman–Crippen LogP) is 6.41. The van der Waals surface area contributed by atoms with Crippen molar-refractivity contribution in [1.82, 2.24) is 4.98 Å². The summed E-state index contributed by atoms with van der Waals surface area (Å²) in [4.78, 5) is 4.32. The lowest BCUT2D eigenvalue weighted by molar-refractivity contribution is -0.289. The Balaban J connectivity index is 1.40. The van der Waals surface area contributed by atoms with Crippen LogP contribution in [0.3, 0.4) is 0 Å². The predicted molar refractivity (Wildman–Crippen MR) is 110 cm³/mol. The molecule has 0 aliphatic heterocycles. The smallest absolute Gasteiger partial charge is 0.380 e. The zero-order chi connectivity index (χ0) is 21.4. The number of aliphatic hydroxyl groups is 1. The number of allylic oxidation sites excluding steroid dienone is 2. The zero-order valence-electron chi connectivity index (χ0n) is 17.9. The summed E-state index contributed by atoms with van der Waals surface area (Å²) < 4.78 is 40.5. The second-order valence-corrected chi connectivity index (χ2v) is 10.9. The van der Waals surface area contributed by atoms with E-state index in [0.717, 1.165) is 32.1 Å². The minimum Gasteiger partial charge on any atom is -0.380 e. The highest BCUT2D eigenvalue weighted by molar-refractivity contribution is 5.72. The van der Waals surface area contributed by atoms with Gasteiger partial charge in [0.05, 0.1) is 0 Å². The van der Waals surface area contributed by atoms with Crippen LogP contribution in [0.1, 0.15) is 70.8 Å². The molecule has 4 aliphatic carbocycles. The van der Waals surface area contributed by atoms with Crippen LogP contribution in [0.5, 0.6) is 0 Å². The van der Waals surface area contributed by atoms with E-state index in [-0.39, 0.29) is 29.6 Å². The number of halogens is 3. The molecule has 1 heterocycles. The fraction of sp³-hybridized carbons (Fsp3) is 0.720. The minimum atomic E-state index is -4.52. The fourth-order valence-electron chi connectivity index (χ4n) is 8.04. The van der Waals surface area contributed by atoms with Crippen LogP contribution in [0, 0.1) is 34.5 Å². The molecule has 0 amide bonds. The quantitative estimate of drug-likeness (QED) is 0.570. The van der Waals surface area contributed by atoms with Crippen LogP contribution in [-0.2, 0) is 0 Å². The summed E-state index contributed by atoms with van der Waals surface area (Å²) in [5.74, 6) is 1.56. The Morgan fingerprint density at radius 1 is 1.07 bits per heavy atom. The van der Waals surface area contributed by atoms with Crippen molar-refractivity contribution in [2.45, 2.75) is 77.0 Å². The Morgan fingerprint density at radius 3 is 2.57 bits per heavy atom. The van der Waals surface area contributed by atoms with Crippen molar-refractivity contribution < 1.29 is 18.3 Å². The van der Waals surface area contributed by atoms with Gasteiger partial charge in [0.1, 0.15) is 0 Å². The molecule has 2 nitrogen and oxygen atoms in total. The van der Waals surface area contributed by atoms with Crippen molar-refractivity contribution in [3.8, 4) is 0 Å². The van der Waals surface area contributed by atoms with Gasteiger partial charge in [-0.05, 0) is 103 Å². The number of rotatable bonds is 1.